The molecule has 2 unspecified atom stereocenters. The third kappa shape index (κ3) is 5.68. The van der Waals surface area contributed by atoms with Gasteiger partial charge in [-0.05, 0) is 53.2 Å². The molecule has 18 heavy (non-hydrogen) atoms. The summed E-state index contributed by atoms with van der Waals surface area (Å²) in [5, 5.41) is 0. The molecule has 3 heteroatoms. The topological polar surface area (TPSA) is 15.7 Å². The van der Waals surface area contributed by atoms with Crippen LogP contribution in [0.25, 0.3) is 0 Å². The van der Waals surface area contributed by atoms with E-state index in [1.54, 1.807) is 0 Å². The molecule has 1 fully saturated rings. The molecule has 0 saturated carbocycles. The van der Waals surface area contributed by atoms with Crippen molar-refractivity contribution in [2.45, 2.75) is 58.5 Å². The zero-order valence-corrected chi connectivity index (χ0v) is 12.8. The van der Waals surface area contributed by atoms with E-state index in [2.05, 4.69) is 37.6 Å². The van der Waals surface area contributed by atoms with Crippen LogP contribution in [0.15, 0.2) is 0 Å². The molecule has 0 spiro atoms. The molecule has 0 radical (unpaired) electrons. The zero-order chi connectivity index (χ0) is 13.4. The fourth-order valence-electron chi connectivity index (χ4n) is 2.46. The van der Waals surface area contributed by atoms with Crippen LogP contribution in [-0.2, 0) is 4.74 Å². The Bertz CT molecular complexity index is 205. The van der Waals surface area contributed by atoms with Crippen molar-refractivity contribution in [3.05, 3.63) is 0 Å². The Balaban J connectivity index is 2.06. The summed E-state index contributed by atoms with van der Waals surface area (Å²) < 4.78 is 5.83. The third-order valence-electron chi connectivity index (χ3n) is 4.30. The summed E-state index contributed by atoms with van der Waals surface area (Å²) in [6, 6.07) is 1.24. The van der Waals surface area contributed by atoms with Gasteiger partial charge < -0.3 is 9.64 Å². The van der Waals surface area contributed by atoms with Crippen molar-refractivity contribution >= 4 is 0 Å². The normalized spacial score (nSPS) is 21.2. The standard InChI is InChI=1S/C15H32N2O/c1-5-14(2)16(4)11-12-18-13-15(3)17-9-7-6-8-10-17/h14-15H,5-13H2,1-4H3. The second-order valence-corrected chi connectivity index (χ2v) is 5.76. The maximum atomic E-state index is 5.83. The van der Waals surface area contributed by atoms with Gasteiger partial charge in [0.2, 0.25) is 0 Å². The highest BCUT2D eigenvalue weighted by molar-refractivity contribution is 4.71. The number of nitrogens with zero attached hydrogens (tertiary/aromatic N) is 2. The smallest absolute Gasteiger partial charge is 0.0619 e. The van der Waals surface area contributed by atoms with E-state index in [0.717, 1.165) is 19.8 Å². The van der Waals surface area contributed by atoms with E-state index < -0.39 is 0 Å². The van der Waals surface area contributed by atoms with Gasteiger partial charge in [-0.2, -0.15) is 0 Å². The fourth-order valence-corrected chi connectivity index (χ4v) is 2.46. The molecule has 2 atom stereocenters. The first-order chi connectivity index (χ1) is 8.65. The molecular weight excluding hydrogens is 224 g/mol. The van der Waals surface area contributed by atoms with Gasteiger partial charge in [-0.25, -0.2) is 0 Å². The van der Waals surface area contributed by atoms with Crippen LogP contribution in [0, 0.1) is 0 Å². The van der Waals surface area contributed by atoms with Crippen LogP contribution in [0.2, 0.25) is 0 Å². The van der Waals surface area contributed by atoms with Gasteiger partial charge in [-0.3, -0.25) is 4.90 Å². The highest BCUT2D eigenvalue weighted by atomic mass is 16.5. The summed E-state index contributed by atoms with van der Waals surface area (Å²) in [5.74, 6) is 0. The minimum atomic E-state index is 0.583. The molecular formula is C15H32N2O. The fraction of sp³-hybridized carbons (Fsp3) is 1.00. The number of likely N-dealkylation sites (N-methyl/N-ethyl adjacent to an activating group) is 1. The molecule has 0 bridgehead atoms. The minimum Gasteiger partial charge on any atom is -0.379 e. The molecule has 1 heterocycles. The van der Waals surface area contributed by atoms with Gasteiger partial charge in [0, 0.05) is 18.6 Å². The molecule has 1 aliphatic rings. The molecule has 1 aliphatic heterocycles. The molecule has 1 saturated heterocycles. The van der Waals surface area contributed by atoms with E-state index in [-0.39, 0.29) is 0 Å². The Labute approximate surface area is 113 Å². The van der Waals surface area contributed by atoms with Gasteiger partial charge in [0.05, 0.1) is 13.2 Å². The number of rotatable bonds is 8. The number of piperidine rings is 1. The lowest BCUT2D eigenvalue weighted by Gasteiger charge is -2.32. The van der Waals surface area contributed by atoms with Crippen LogP contribution in [0.5, 0.6) is 0 Å². The summed E-state index contributed by atoms with van der Waals surface area (Å²) in [4.78, 5) is 4.95. The predicted molar refractivity (Wildman–Crippen MR) is 78.1 cm³/mol. The quantitative estimate of drug-likeness (QED) is 0.621. The Morgan fingerprint density at radius 3 is 2.44 bits per heavy atom. The maximum absolute atomic E-state index is 5.83. The molecule has 0 aromatic rings. The number of hydrogen-bond donors (Lipinski definition) is 0. The van der Waals surface area contributed by atoms with Gasteiger partial charge in [0.1, 0.15) is 0 Å². The number of ether oxygens (including phenoxy) is 1. The van der Waals surface area contributed by atoms with Crippen molar-refractivity contribution < 1.29 is 4.74 Å². The Morgan fingerprint density at radius 1 is 1.17 bits per heavy atom. The van der Waals surface area contributed by atoms with E-state index in [0.29, 0.717) is 12.1 Å². The largest absolute Gasteiger partial charge is 0.379 e. The zero-order valence-electron chi connectivity index (χ0n) is 12.8. The van der Waals surface area contributed by atoms with Crippen LogP contribution in [0.1, 0.15) is 46.5 Å². The SMILES string of the molecule is CCC(C)N(C)CCOCC(C)N1CCCCC1. The Morgan fingerprint density at radius 2 is 1.83 bits per heavy atom. The molecule has 0 aromatic heterocycles. The molecule has 0 aliphatic carbocycles. The molecule has 0 aromatic carbocycles. The average molecular weight is 256 g/mol. The van der Waals surface area contributed by atoms with Crippen molar-refractivity contribution in [3.63, 3.8) is 0 Å². The first-order valence-electron chi connectivity index (χ1n) is 7.67. The van der Waals surface area contributed by atoms with Crippen LogP contribution < -0.4 is 0 Å². The monoisotopic (exact) mass is 256 g/mol. The molecule has 0 N–H and O–H groups in total. The minimum absolute atomic E-state index is 0.583. The van der Waals surface area contributed by atoms with Crippen LogP contribution in [0.3, 0.4) is 0 Å². The summed E-state index contributed by atoms with van der Waals surface area (Å²) in [6.07, 6.45) is 5.34. The van der Waals surface area contributed by atoms with Crippen molar-refractivity contribution in [2.24, 2.45) is 0 Å². The Hall–Kier alpha value is -0.120. The van der Waals surface area contributed by atoms with E-state index >= 15 is 0 Å². The van der Waals surface area contributed by atoms with Gasteiger partial charge in [0.15, 0.2) is 0 Å². The van der Waals surface area contributed by atoms with E-state index in [4.69, 9.17) is 4.74 Å². The first kappa shape index (κ1) is 15.9. The molecule has 108 valence electrons. The summed E-state index contributed by atoms with van der Waals surface area (Å²) >= 11 is 0. The van der Waals surface area contributed by atoms with Crippen LogP contribution >= 0.6 is 0 Å². The molecule has 1 rings (SSSR count). The van der Waals surface area contributed by atoms with E-state index in [1.165, 1.54) is 38.8 Å². The average Bonchev–Trinajstić information content (AvgIpc) is 2.43. The van der Waals surface area contributed by atoms with Gasteiger partial charge in [0.25, 0.3) is 0 Å². The van der Waals surface area contributed by atoms with Crippen molar-refractivity contribution in [1.82, 2.24) is 9.80 Å². The second-order valence-electron chi connectivity index (χ2n) is 5.76. The summed E-state index contributed by atoms with van der Waals surface area (Å²) in [6.45, 7) is 12.1. The van der Waals surface area contributed by atoms with Gasteiger partial charge in [-0.1, -0.05) is 13.3 Å². The predicted octanol–water partition coefficient (Wildman–Crippen LogP) is 2.61. The number of hydrogen-bond acceptors (Lipinski definition) is 3. The lowest BCUT2D eigenvalue weighted by atomic mass is 10.1. The highest BCUT2D eigenvalue weighted by Gasteiger charge is 2.16. The van der Waals surface area contributed by atoms with Crippen molar-refractivity contribution in [1.29, 1.82) is 0 Å². The van der Waals surface area contributed by atoms with Crippen molar-refractivity contribution in [3.8, 4) is 0 Å². The molecule has 3 nitrogen and oxygen atoms in total. The van der Waals surface area contributed by atoms with E-state index in [1.807, 2.05) is 0 Å². The second kappa shape index (κ2) is 8.89. The van der Waals surface area contributed by atoms with Gasteiger partial charge >= 0.3 is 0 Å². The van der Waals surface area contributed by atoms with E-state index in [9.17, 15) is 0 Å². The lowest BCUT2D eigenvalue weighted by Crippen LogP contribution is -2.40. The van der Waals surface area contributed by atoms with Crippen LogP contribution in [-0.4, -0.2) is 61.8 Å². The maximum Gasteiger partial charge on any atom is 0.0619 e. The first-order valence-corrected chi connectivity index (χ1v) is 7.67. The molecule has 0 amide bonds. The summed E-state index contributed by atoms with van der Waals surface area (Å²) in [5.41, 5.74) is 0. The van der Waals surface area contributed by atoms with Gasteiger partial charge in [-0.15, -0.1) is 0 Å². The Kier molecular flexibility index (Phi) is 7.87. The number of likely N-dealkylation sites (tertiary alicyclic amines) is 1. The van der Waals surface area contributed by atoms with Crippen LogP contribution in [0.4, 0.5) is 0 Å². The van der Waals surface area contributed by atoms with Crippen molar-refractivity contribution in [2.75, 3.05) is 39.9 Å². The third-order valence-corrected chi connectivity index (χ3v) is 4.30. The lowest BCUT2D eigenvalue weighted by molar-refractivity contribution is 0.0450. The highest BCUT2D eigenvalue weighted by Crippen LogP contribution is 2.12. The summed E-state index contributed by atoms with van der Waals surface area (Å²) in [7, 11) is 2.19.